The molecular weight excluding hydrogens is 339 g/mol. The molecule has 4 heteroatoms. The first kappa shape index (κ1) is 17.0. The van der Waals surface area contributed by atoms with E-state index in [1.54, 1.807) is 17.0 Å². The largest absolute Gasteiger partial charge is 0.350 e. The predicted octanol–water partition coefficient (Wildman–Crippen LogP) is 4.17. The van der Waals surface area contributed by atoms with E-state index >= 15 is 0 Å². The van der Waals surface area contributed by atoms with Crippen molar-refractivity contribution in [2.45, 2.75) is 12.1 Å². The quantitative estimate of drug-likeness (QED) is 0.759. The number of benzene rings is 3. The topological polar surface area (TPSA) is 32.3 Å². The molecular formula is C23H19FN2O. The second-order valence-electron chi connectivity index (χ2n) is 6.57. The number of nitrogens with zero attached hydrogens (tertiary/aromatic N) is 1. The summed E-state index contributed by atoms with van der Waals surface area (Å²) in [6.45, 7) is 4.39. The van der Waals surface area contributed by atoms with Gasteiger partial charge >= 0.3 is 0 Å². The highest BCUT2D eigenvalue weighted by molar-refractivity contribution is 5.95. The number of rotatable bonds is 4. The Bertz CT molecular complexity index is 929. The summed E-state index contributed by atoms with van der Waals surface area (Å²) >= 11 is 0. The molecule has 0 bridgehead atoms. The van der Waals surface area contributed by atoms with Gasteiger partial charge in [-0.3, -0.25) is 9.69 Å². The van der Waals surface area contributed by atoms with Crippen molar-refractivity contribution in [2.24, 2.45) is 0 Å². The summed E-state index contributed by atoms with van der Waals surface area (Å²) in [6.07, 6.45) is 0. The number of nitrogens with one attached hydrogen (secondary N) is 1. The van der Waals surface area contributed by atoms with Gasteiger partial charge in [-0.1, -0.05) is 79.4 Å². The molecule has 1 amide bonds. The van der Waals surface area contributed by atoms with Crippen LogP contribution in [0.5, 0.6) is 0 Å². The van der Waals surface area contributed by atoms with Crippen molar-refractivity contribution in [2.75, 3.05) is 0 Å². The smallest absolute Gasteiger partial charge is 0.263 e. The van der Waals surface area contributed by atoms with Crippen LogP contribution in [0.1, 0.15) is 16.7 Å². The summed E-state index contributed by atoms with van der Waals surface area (Å²) in [7, 11) is 0. The van der Waals surface area contributed by atoms with Gasteiger partial charge in [-0.05, 0) is 28.8 Å². The average molecular weight is 358 g/mol. The van der Waals surface area contributed by atoms with Crippen molar-refractivity contribution in [1.82, 2.24) is 10.2 Å². The van der Waals surface area contributed by atoms with Crippen LogP contribution < -0.4 is 5.32 Å². The SMILES string of the molecule is C=C1NC(c2ccccc2)(c2ccccc2)C(=O)N1Cc1ccc(F)cc1. The van der Waals surface area contributed by atoms with Crippen LogP contribution in [0.25, 0.3) is 0 Å². The molecule has 0 radical (unpaired) electrons. The summed E-state index contributed by atoms with van der Waals surface area (Å²) < 4.78 is 13.2. The Balaban J connectivity index is 1.78. The molecule has 0 saturated carbocycles. The van der Waals surface area contributed by atoms with Gasteiger partial charge < -0.3 is 5.32 Å². The fourth-order valence-corrected chi connectivity index (χ4v) is 3.54. The molecule has 3 aromatic carbocycles. The molecule has 1 aliphatic heterocycles. The molecule has 0 unspecified atom stereocenters. The summed E-state index contributed by atoms with van der Waals surface area (Å²) in [5.41, 5.74) is 1.51. The van der Waals surface area contributed by atoms with Gasteiger partial charge in [0.25, 0.3) is 5.91 Å². The fraction of sp³-hybridized carbons (Fsp3) is 0.0870. The summed E-state index contributed by atoms with van der Waals surface area (Å²) in [5, 5.41) is 3.34. The minimum Gasteiger partial charge on any atom is -0.350 e. The van der Waals surface area contributed by atoms with E-state index in [9.17, 15) is 9.18 Å². The number of hydrogen-bond donors (Lipinski definition) is 1. The zero-order valence-electron chi connectivity index (χ0n) is 14.7. The third-order valence-corrected chi connectivity index (χ3v) is 4.89. The lowest BCUT2D eigenvalue weighted by Gasteiger charge is -2.28. The van der Waals surface area contributed by atoms with E-state index < -0.39 is 5.54 Å². The molecule has 4 rings (SSSR count). The van der Waals surface area contributed by atoms with Crippen LogP contribution in [0.15, 0.2) is 97.3 Å². The first-order valence-electron chi connectivity index (χ1n) is 8.76. The molecule has 1 N–H and O–H groups in total. The Morgan fingerprint density at radius 1 is 0.852 bits per heavy atom. The Kier molecular flexibility index (Phi) is 4.24. The molecule has 1 saturated heterocycles. The molecule has 0 aromatic heterocycles. The van der Waals surface area contributed by atoms with Crippen LogP contribution in [0.3, 0.4) is 0 Å². The van der Waals surface area contributed by atoms with Gasteiger partial charge in [0.2, 0.25) is 0 Å². The van der Waals surface area contributed by atoms with E-state index in [2.05, 4.69) is 11.9 Å². The maximum Gasteiger partial charge on any atom is 0.263 e. The van der Waals surface area contributed by atoms with Crippen LogP contribution in [-0.4, -0.2) is 10.8 Å². The van der Waals surface area contributed by atoms with Crippen molar-refractivity contribution >= 4 is 5.91 Å². The summed E-state index contributed by atoms with van der Waals surface area (Å²) in [4.78, 5) is 15.3. The minimum absolute atomic E-state index is 0.103. The molecule has 27 heavy (non-hydrogen) atoms. The maximum atomic E-state index is 13.6. The van der Waals surface area contributed by atoms with Crippen molar-refractivity contribution in [3.8, 4) is 0 Å². The van der Waals surface area contributed by atoms with Gasteiger partial charge in [0.15, 0.2) is 5.54 Å². The lowest BCUT2D eigenvalue weighted by atomic mass is 9.82. The van der Waals surface area contributed by atoms with E-state index in [-0.39, 0.29) is 11.7 Å². The molecule has 1 heterocycles. The number of halogens is 1. The zero-order chi connectivity index (χ0) is 18.9. The van der Waals surface area contributed by atoms with Crippen LogP contribution in [-0.2, 0) is 16.9 Å². The van der Waals surface area contributed by atoms with Gasteiger partial charge in [0, 0.05) is 0 Å². The Labute approximate surface area is 157 Å². The molecule has 0 aliphatic carbocycles. The second-order valence-corrected chi connectivity index (χ2v) is 6.57. The Hall–Kier alpha value is -3.40. The molecule has 0 spiro atoms. The maximum absolute atomic E-state index is 13.6. The molecule has 3 aromatic rings. The summed E-state index contributed by atoms with van der Waals surface area (Å²) in [6, 6.07) is 25.4. The lowest BCUT2D eigenvalue weighted by molar-refractivity contribution is -0.131. The highest BCUT2D eigenvalue weighted by atomic mass is 19.1. The Morgan fingerprint density at radius 2 is 1.37 bits per heavy atom. The predicted molar refractivity (Wildman–Crippen MR) is 103 cm³/mol. The highest BCUT2D eigenvalue weighted by Crippen LogP contribution is 2.38. The number of carbonyl (C=O) groups excluding carboxylic acids is 1. The normalized spacial score (nSPS) is 15.7. The van der Waals surface area contributed by atoms with E-state index in [1.807, 2.05) is 60.7 Å². The molecule has 1 fully saturated rings. The number of carbonyl (C=O) groups is 1. The number of amides is 1. The first-order valence-corrected chi connectivity index (χ1v) is 8.76. The summed E-state index contributed by atoms with van der Waals surface area (Å²) in [5.74, 6) is 0.123. The van der Waals surface area contributed by atoms with Gasteiger partial charge in [0.1, 0.15) is 11.6 Å². The third-order valence-electron chi connectivity index (χ3n) is 4.89. The van der Waals surface area contributed by atoms with Gasteiger partial charge in [0.05, 0.1) is 6.54 Å². The Morgan fingerprint density at radius 3 is 1.89 bits per heavy atom. The molecule has 134 valence electrons. The van der Waals surface area contributed by atoms with E-state index in [1.165, 1.54) is 12.1 Å². The van der Waals surface area contributed by atoms with Crippen molar-refractivity contribution in [3.63, 3.8) is 0 Å². The van der Waals surface area contributed by atoms with Gasteiger partial charge in [-0.15, -0.1) is 0 Å². The average Bonchev–Trinajstić information content (AvgIpc) is 2.96. The monoisotopic (exact) mass is 358 g/mol. The van der Waals surface area contributed by atoms with Crippen molar-refractivity contribution in [1.29, 1.82) is 0 Å². The molecule has 3 nitrogen and oxygen atoms in total. The molecule has 1 aliphatic rings. The van der Waals surface area contributed by atoms with E-state index in [0.29, 0.717) is 12.4 Å². The minimum atomic E-state index is -1.03. The third kappa shape index (κ3) is 2.89. The first-order chi connectivity index (χ1) is 13.1. The van der Waals surface area contributed by atoms with E-state index in [0.717, 1.165) is 16.7 Å². The standard InChI is InChI=1S/C23H19FN2O/c1-17-25-23(19-8-4-2-5-9-19,20-10-6-3-7-11-20)22(27)26(17)16-18-12-14-21(24)15-13-18/h2-15,25H,1,16H2. The van der Waals surface area contributed by atoms with Gasteiger partial charge in [-0.25, -0.2) is 4.39 Å². The number of hydrogen-bond acceptors (Lipinski definition) is 2. The fourth-order valence-electron chi connectivity index (χ4n) is 3.54. The van der Waals surface area contributed by atoms with Crippen LogP contribution in [0.4, 0.5) is 4.39 Å². The lowest BCUT2D eigenvalue weighted by Crippen LogP contribution is -2.44. The molecule has 0 atom stereocenters. The second kappa shape index (κ2) is 6.72. The van der Waals surface area contributed by atoms with Crippen molar-refractivity contribution in [3.05, 3.63) is 120 Å². The van der Waals surface area contributed by atoms with Gasteiger partial charge in [-0.2, -0.15) is 0 Å². The highest BCUT2D eigenvalue weighted by Gasteiger charge is 2.51. The van der Waals surface area contributed by atoms with E-state index in [4.69, 9.17) is 0 Å². The van der Waals surface area contributed by atoms with Crippen LogP contribution in [0.2, 0.25) is 0 Å². The van der Waals surface area contributed by atoms with Crippen molar-refractivity contribution < 1.29 is 9.18 Å². The van der Waals surface area contributed by atoms with Crippen LogP contribution in [0, 0.1) is 5.82 Å². The zero-order valence-corrected chi connectivity index (χ0v) is 14.7. The van der Waals surface area contributed by atoms with Crippen LogP contribution >= 0.6 is 0 Å².